The number of methoxy groups -OCH3 is 1. The molecule has 29 nitrogen and oxygen atoms in total. The molecule has 1 heterocycles. The average molecular weight is 1130 g/mol. The van der Waals surface area contributed by atoms with Crippen LogP contribution in [0.2, 0.25) is 0 Å². The van der Waals surface area contributed by atoms with Crippen LogP contribution in [0.5, 0.6) is 11.5 Å². The van der Waals surface area contributed by atoms with E-state index >= 15 is 0 Å². The van der Waals surface area contributed by atoms with Gasteiger partial charge in [-0.3, -0.25) is 43.5 Å². The second-order valence-electron chi connectivity index (χ2n) is 19.1. The maximum atomic E-state index is 13.7. The third-order valence-corrected chi connectivity index (χ3v) is 12.8. The molecular weight excluding hydrogens is 1050 g/mol. The van der Waals surface area contributed by atoms with E-state index in [0.717, 1.165) is 0 Å². The molecule has 0 bridgehead atoms. The van der Waals surface area contributed by atoms with Crippen molar-refractivity contribution in [1.29, 1.82) is 0 Å². The van der Waals surface area contributed by atoms with Gasteiger partial charge in [-0.1, -0.05) is 28.3 Å². The van der Waals surface area contributed by atoms with Gasteiger partial charge >= 0.3 is 5.63 Å². The molecule has 0 spiro atoms. The summed E-state index contributed by atoms with van der Waals surface area (Å²) >= 11 is 0. The van der Waals surface area contributed by atoms with Crippen LogP contribution in [0, 0.1) is 17.8 Å². The number of ketones is 5. The topological polar surface area (TPSA) is 491 Å². The van der Waals surface area contributed by atoms with E-state index in [1.807, 2.05) is 0 Å². The van der Waals surface area contributed by atoms with Crippen LogP contribution in [0.25, 0.3) is 42.3 Å². The first kappa shape index (κ1) is 68.4. The van der Waals surface area contributed by atoms with Crippen molar-refractivity contribution in [3.05, 3.63) is 71.8 Å². The molecule has 81 heavy (non-hydrogen) atoms. The Morgan fingerprint density at radius 1 is 0.654 bits per heavy atom. The molecule has 0 fully saturated rings. The van der Waals surface area contributed by atoms with Crippen LogP contribution < -0.4 is 49.1 Å². The van der Waals surface area contributed by atoms with Gasteiger partial charge in [0.15, 0.2) is 23.3 Å². The zero-order chi connectivity index (χ0) is 60.1. The van der Waals surface area contributed by atoms with Crippen molar-refractivity contribution >= 4 is 69.3 Å². The molecule has 29 heteroatoms. The van der Waals surface area contributed by atoms with E-state index in [4.69, 9.17) is 58.4 Å². The number of nitrogens with one attached hydrogen (secondary N) is 1. The zero-order valence-electron chi connectivity index (χ0n) is 46.3. The summed E-state index contributed by atoms with van der Waals surface area (Å²) in [6.45, 7) is 6.58. The maximum Gasteiger partial charge on any atom is 0.336 e. The van der Waals surface area contributed by atoms with Gasteiger partial charge in [-0.15, -0.1) is 0 Å². The lowest BCUT2D eigenvalue weighted by molar-refractivity contribution is -0.132. The van der Waals surface area contributed by atoms with Gasteiger partial charge in [-0.2, -0.15) is 0 Å². The Morgan fingerprint density at radius 2 is 1.23 bits per heavy atom. The summed E-state index contributed by atoms with van der Waals surface area (Å²) in [5.74, 6) is -4.91. The lowest BCUT2D eigenvalue weighted by Gasteiger charge is -2.20. The number of hydrogen-bond acceptors (Lipinski definition) is 17. The minimum atomic E-state index is -0.870. The predicted molar refractivity (Wildman–Crippen MR) is 301 cm³/mol. The van der Waals surface area contributed by atoms with Gasteiger partial charge < -0.3 is 52.6 Å². The number of fused-ring (bicyclic) bond motifs is 1. The monoisotopic (exact) mass is 1130 g/mol. The molecule has 442 valence electrons. The molecule has 4 atom stereocenters. The number of amides is 2. The summed E-state index contributed by atoms with van der Waals surface area (Å²) in [5, 5.41) is 13.8. The van der Waals surface area contributed by atoms with Crippen molar-refractivity contribution in [3.8, 4) is 11.5 Å². The Morgan fingerprint density at radius 3 is 1.83 bits per heavy atom. The molecule has 2 aromatic rings. The van der Waals surface area contributed by atoms with E-state index in [-0.39, 0.29) is 186 Å². The highest BCUT2D eigenvalue weighted by Crippen LogP contribution is 2.45. The number of carbonyl (C=O) groups excluding carboxylic acids is 7. The van der Waals surface area contributed by atoms with Gasteiger partial charge in [0.1, 0.15) is 35.0 Å². The van der Waals surface area contributed by atoms with Crippen LogP contribution in [0.4, 0.5) is 5.69 Å². The Hall–Kier alpha value is -8.67. The summed E-state index contributed by atoms with van der Waals surface area (Å²) in [7, 11) is 1.31. The van der Waals surface area contributed by atoms with Crippen molar-refractivity contribution in [2.45, 2.75) is 141 Å². The second kappa shape index (κ2) is 38.8. The number of allylic oxidation sites excluding steroid dienone is 1. The van der Waals surface area contributed by atoms with E-state index in [1.165, 1.54) is 19.2 Å². The highest BCUT2D eigenvalue weighted by atomic mass is 16.5. The van der Waals surface area contributed by atoms with Gasteiger partial charge in [0.05, 0.1) is 25.2 Å². The number of rotatable bonds is 46. The van der Waals surface area contributed by atoms with Crippen LogP contribution in [0.3, 0.4) is 0 Å². The minimum absolute atomic E-state index is 0.0125. The first-order valence-electron chi connectivity index (χ1n) is 26.7. The first-order valence-corrected chi connectivity index (χ1v) is 26.7. The van der Waals surface area contributed by atoms with E-state index in [1.54, 1.807) is 6.92 Å². The summed E-state index contributed by atoms with van der Waals surface area (Å²) in [6, 6.07) is 2.70. The fourth-order valence-corrected chi connectivity index (χ4v) is 8.67. The number of Topliss-reactive ketones (excluding diaryl/α,β-unsaturated/α-hetero) is 5. The van der Waals surface area contributed by atoms with Crippen molar-refractivity contribution in [1.82, 2.24) is 5.32 Å². The van der Waals surface area contributed by atoms with E-state index < -0.39 is 35.4 Å². The number of guanidine groups is 2. The first-order chi connectivity index (χ1) is 38.7. The Labute approximate surface area is 468 Å². The number of nitrogens with zero attached hydrogens (tertiary/aromatic N) is 11. The molecule has 11 N–H and O–H groups in total. The number of hydrogen-bond donors (Lipinski definition) is 6. The number of benzene rings is 1. The highest BCUT2D eigenvalue weighted by Gasteiger charge is 2.28. The number of unbranched alkanes of at least 4 members (excludes halogenated alkanes) is 1. The van der Waals surface area contributed by atoms with Crippen LogP contribution in [-0.2, 0) is 38.3 Å². The normalized spacial score (nSPS) is 12.1. The van der Waals surface area contributed by atoms with Crippen LogP contribution in [0.1, 0.15) is 147 Å². The fraction of sp³-hybridized carbons (Fsp3) is 0.615. The van der Waals surface area contributed by atoms with Gasteiger partial charge in [-0.05, 0) is 87.4 Å². The molecule has 2 amide bonds. The van der Waals surface area contributed by atoms with Gasteiger partial charge in [0, 0.05) is 146 Å². The number of ether oxygens (including phenoxy) is 3. The largest absolute Gasteiger partial charge is 0.492 e. The average Bonchev–Trinajstić information content (AvgIpc) is 3.51. The molecule has 0 aliphatic carbocycles. The molecule has 2 rings (SSSR count). The highest BCUT2D eigenvalue weighted by molar-refractivity contribution is 5.95. The van der Waals surface area contributed by atoms with Gasteiger partial charge in [0.2, 0.25) is 17.6 Å². The molecule has 0 aliphatic heterocycles. The Bertz CT molecular complexity index is 2750. The minimum Gasteiger partial charge on any atom is -0.492 e. The number of primary amides is 1. The summed E-state index contributed by atoms with van der Waals surface area (Å²) in [4.78, 5) is 120. The molecule has 1 aromatic carbocycles. The number of azide groups is 3. The standard InChI is InChI=1S/C52H77N17O12/c1-32(11-6-24-64-67-58)80-33(2)40-31-46(76)81-47-41(40)30-42(66-69-60)48(78-3)49(47)79-26-10-16-45(75)61-21-5-4-12-36(50(53)77)29-44(74)35(14-8-23-63-52(56)57)28-39(72)18-17-37(70)19-20-43(73)34(13-7-22-62-51(54)55)27-38(71)15-9-25-65-68-59/h30-31,33-36H,1,4-29H2,2-3H3,(H2,53,77)(H,61,75)(H4,54,55,62)(H4,56,57,63). The number of nitrogens with two attached hydrogens (primary N) is 5. The van der Waals surface area contributed by atoms with Crippen molar-refractivity contribution in [2.24, 2.45) is 71.7 Å². The third-order valence-electron chi connectivity index (χ3n) is 12.8. The Balaban J connectivity index is 1.98. The van der Waals surface area contributed by atoms with E-state index in [2.05, 4.69) is 52.0 Å². The molecule has 0 aliphatic rings. The molecule has 4 unspecified atom stereocenters. The molecule has 0 saturated heterocycles. The van der Waals surface area contributed by atoms with Crippen molar-refractivity contribution in [3.63, 3.8) is 0 Å². The lowest BCUT2D eigenvalue weighted by Crippen LogP contribution is -2.29. The molecule has 0 saturated carbocycles. The second-order valence-corrected chi connectivity index (χ2v) is 19.1. The summed E-state index contributed by atoms with van der Waals surface area (Å²) in [6.07, 6.45) is 1.96. The summed E-state index contributed by atoms with van der Waals surface area (Å²) < 4.78 is 23.1. The van der Waals surface area contributed by atoms with Crippen molar-refractivity contribution in [2.75, 3.05) is 46.4 Å². The van der Waals surface area contributed by atoms with Gasteiger partial charge in [0.25, 0.3) is 0 Å². The van der Waals surface area contributed by atoms with Crippen LogP contribution >= 0.6 is 0 Å². The van der Waals surface area contributed by atoms with Crippen LogP contribution in [0.15, 0.2) is 59.0 Å². The predicted octanol–water partition coefficient (Wildman–Crippen LogP) is 6.98. The lowest BCUT2D eigenvalue weighted by atomic mass is 9.85. The Kier molecular flexibility index (Phi) is 32.8. The summed E-state index contributed by atoms with van der Waals surface area (Å²) in [5.41, 5.74) is 53.5. The number of carbonyl (C=O) groups is 7. The van der Waals surface area contributed by atoms with E-state index in [0.29, 0.717) is 68.1 Å². The fourth-order valence-electron chi connectivity index (χ4n) is 8.67. The van der Waals surface area contributed by atoms with Crippen molar-refractivity contribution < 1.29 is 52.2 Å². The molecule has 0 radical (unpaired) electrons. The quantitative estimate of drug-likeness (QED) is 0.00569. The third kappa shape index (κ3) is 27.7. The SMILES string of the molecule is C=C(CCCN=[N+]=[N-])OC(C)c1cc(=O)oc2c(OCCCC(=O)NCCCCC(CC(=O)C(CCCN=C(N)N)CC(=O)CCC(=O)CCC(=O)C(CCCN=C(N)N)CC(=O)CCCN=[N+]=[N-])C(N)=O)c(OC)c(N=[N+]=[N-])cc12. The van der Waals surface area contributed by atoms with Crippen LogP contribution in [-0.4, -0.2) is 99.1 Å². The maximum absolute atomic E-state index is 13.7. The smallest absolute Gasteiger partial charge is 0.336 e. The molecular formula is C52H77N17O12. The van der Waals surface area contributed by atoms with E-state index in [9.17, 15) is 43.9 Å². The number of aliphatic imine (C=N–C) groups is 2. The molecule has 1 aromatic heterocycles. The zero-order valence-corrected chi connectivity index (χ0v) is 46.3. The van der Waals surface area contributed by atoms with Gasteiger partial charge in [-0.25, -0.2) is 4.79 Å².